The molecule has 0 unspecified atom stereocenters. The Kier molecular flexibility index (Phi) is 4.91. The predicted molar refractivity (Wildman–Crippen MR) is 56.8 cm³/mol. The fourth-order valence-electron chi connectivity index (χ4n) is 0.831. The fraction of sp³-hybridized carbons (Fsp3) is 1.00. The van der Waals surface area contributed by atoms with E-state index in [9.17, 15) is 0 Å². The van der Waals surface area contributed by atoms with Crippen molar-refractivity contribution < 1.29 is 0 Å². The Morgan fingerprint density at radius 1 is 1.40 bits per heavy atom. The lowest BCUT2D eigenvalue weighted by atomic mass is 9.85. The Balaban J connectivity index is 3.63. The van der Waals surface area contributed by atoms with Crippen LogP contribution in [0.3, 0.4) is 0 Å². The largest absolute Gasteiger partial charge is 0.0823 e. The highest BCUT2D eigenvalue weighted by Crippen LogP contribution is 2.32. The van der Waals surface area contributed by atoms with Gasteiger partial charge in [-0.3, -0.25) is 0 Å². The molecular formula is C9H19I. The summed E-state index contributed by atoms with van der Waals surface area (Å²) in [5.41, 5.74) is 0.538. The molecule has 0 saturated carbocycles. The van der Waals surface area contributed by atoms with Crippen LogP contribution in [0.4, 0.5) is 0 Å². The van der Waals surface area contributed by atoms with Gasteiger partial charge in [-0.05, 0) is 11.8 Å². The van der Waals surface area contributed by atoms with Crippen molar-refractivity contribution in [3.05, 3.63) is 0 Å². The third kappa shape index (κ3) is 3.79. The van der Waals surface area contributed by atoms with E-state index >= 15 is 0 Å². The van der Waals surface area contributed by atoms with E-state index in [1.54, 1.807) is 0 Å². The lowest BCUT2D eigenvalue weighted by Gasteiger charge is -2.27. The van der Waals surface area contributed by atoms with Crippen molar-refractivity contribution in [1.82, 2.24) is 0 Å². The summed E-state index contributed by atoms with van der Waals surface area (Å²) in [4.78, 5) is 0. The fourth-order valence-corrected chi connectivity index (χ4v) is 1.14. The molecule has 0 fully saturated rings. The Morgan fingerprint density at radius 3 is 2.20 bits per heavy atom. The van der Waals surface area contributed by atoms with Crippen LogP contribution in [-0.2, 0) is 0 Å². The first-order chi connectivity index (χ1) is 4.50. The Morgan fingerprint density at radius 2 is 1.90 bits per heavy atom. The van der Waals surface area contributed by atoms with Gasteiger partial charge in [-0.1, -0.05) is 63.1 Å². The number of hydrogen-bond donors (Lipinski definition) is 0. The normalized spacial score (nSPS) is 15.3. The first-order valence-electron chi connectivity index (χ1n) is 4.14. The van der Waals surface area contributed by atoms with Gasteiger partial charge < -0.3 is 0 Å². The molecule has 0 saturated heterocycles. The third-order valence-electron chi connectivity index (χ3n) is 2.25. The maximum absolute atomic E-state index is 2.52. The first-order valence-corrected chi connectivity index (χ1v) is 5.39. The van der Waals surface area contributed by atoms with E-state index < -0.39 is 0 Å². The van der Waals surface area contributed by atoms with Crippen molar-refractivity contribution in [2.45, 2.75) is 50.9 Å². The highest BCUT2D eigenvalue weighted by molar-refractivity contribution is 14.1. The van der Waals surface area contributed by atoms with Crippen LogP contribution >= 0.6 is 22.6 Å². The van der Waals surface area contributed by atoms with Crippen molar-refractivity contribution in [2.24, 2.45) is 5.41 Å². The van der Waals surface area contributed by atoms with Gasteiger partial charge in [-0.15, -0.1) is 0 Å². The SMILES string of the molecule is CCCCC(C)(C)[C@@H](C)I. The molecule has 1 atom stereocenters. The van der Waals surface area contributed by atoms with Crippen LogP contribution in [0.25, 0.3) is 0 Å². The molecule has 0 aliphatic carbocycles. The molecule has 0 N–H and O–H groups in total. The monoisotopic (exact) mass is 254 g/mol. The smallest absolute Gasteiger partial charge is 0.0132 e. The zero-order chi connectivity index (χ0) is 8.20. The molecule has 0 bridgehead atoms. The highest BCUT2D eigenvalue weighted by Gasteiger charge is 2.22. The van der Waals surface area contributed by atoms with E-state index in [-0.39, 0.29) is 0 Å². The van der Waals surface area contributed by atoms with Gasteiger partial charge in [0.2, 0.25) is 0 Å². The molecule has 10 heavy (non-hydrogen) atoms. The lowest BCUT2D eigenvalue weighted by Crippen LogP contribution is -2.20. The second kappa shape index (κ2) is 4.58. The molecule has 0 amide bonds. The van der Waals surface area contributed by atoms with Gasteiger partial charge in [0.25, 0.3) is 0 Å². The second-order valence-electron chi connectivity index (χ2n) is 3.71. The van der Waals surface area contributed by atoms with E-state index in [0.717, 1.165) is 3.92 Å². The molecule has 0 radical (unpaired) electrons. The van der Waals surface area contributed by atoms with Crippen LogP contribution in [0, 0.1) is 5.41 Å². The maximum Gasteiger partial charge on any atom is 0.0132 e. The van der Waals surface area contributed by atoms with Crippen LogP contribution in [-0.4, -0.2) is 3.92 Å². The van der Waals surface area contributed by atoms with E-state index in [4.69, 9.17) is 0 Å². The van der Waals surface area contributed by atoms with Crippen molar-refractivity contribution >= 4 is 22.6 Å². The van der Waals surface area contributed by atoms with Crippen LogP contribution < -0.4 is 0 Å². The second-order valence-corrected chi connectivity index (χ2v) is 5.58. The molecular weight excluding hydrogens is 235 g/mol. The summed E-state index contributed by atoms with van der Waals surface area (Å²) in [6.45, 7) is 9.28. The molecule has 0 aromatic rings. The average molecular weight is 254 g/mol. The number of alkyl halides is 1. The molecule has 0 rings (SSSR count). The Hall–Kier alpha value is 0.730. The number of unbranched alkanes of at least 4 members (excludes halogenated alkanes) is 1. The summed E-state index contributed by atoms with van der Waals surface area (Å²) in [6.07, 6.45) is 4.07. The van der Waals surface area contributed by atoms with Gasteiger partial charge >= 0.3 is 0 Å². The zero-order valence-corrected chi connectivity index (χ0v) is 9.73. The molecule has 0 aromatic carbocycles. The van der Waals surface area contributed by atoms with Crippen molar-refractivity contribution in [3.63, 3.8) is 0 Å². The van der Waals surface area contributed by atoms with Crippen LogP contribution in [0.2, 0.25) is 0 Å². The van der Waals surface area contributed by atoms with Crippen LogP contribution in [0.1, 0.15) is 47.0 Å². The van der Waals surface area contributed by atoms with E-state index in [1.165, 1.54) is 19.3 Å². The standard InChI is InChI=1S/C9H19I/c1-5-6-7-9(3,4)8(2)10/h8H,5-7H2,1-4H3/t8-/m1/s1. The molecule has 62 valence electrons. The van der Waals surface area contributed by atoms with E-state index in [1.807, 2.05) is 0 Å². The van der Waals surface area contributed by atoms with Crippen LogP contribution in [0.15, 0.2) is 0 Å². The van der Waals surface area contributed by atoms with Gasteiger partial charge in [0.1, 0.15) is 0 Å². The Bertz CT molecular complexity index is 84.7. The minimum atomic E-state index is 0.538. The number of hydrogen-bond acceptors (Lipinski definition) is 0. The predicted octanol–water partition coefficient (Wildman–Crippen LogP) is 4.03. The molecule has 0 aromatic heterocycles. The Labute approximate surface area is 78.9 Å². The van der Waals surface area contributed by atoms with Crippen molar-refractivity contribution in [3.8, 4) is 0 Å². The first kappa shape index (κ1) is 10.7. The van der Waals surface area contributed by atoms with Gasteiger partial charge in [0.05, 0.1) is 0 Å². The van der Waals surface area contributed by atoms with E-state index in [2.05, 4.69) is 50.3 Å². The zero-order valence-electron chi connectivity index (χ0n) is 7.58. The topological polar surface area (TPSA) is 0 Å². The minimum absolute atomic E-state index is 0.538. The molecule has 1 heteroatoms. The molecule has 0 aliphatic rings. The van der Waals surface area contributed by atoms with Gasteiger partial charge in [0, 0.05) is 3.92 Å². The van der Waals surface area contributed by atoms with E-state index in [0.29, 0.717) is 5.41 Å². The summed E-state index contributed by atoms with van der Waals surface area (Å²) >= 11 is 2.52. The summed E-state index contributed by atoms with van der Waals surface area (Å²) in [5.74, 6) is 0. The third-order valence-corrected chi connectivity index (χ3v) is 3.94. The molecule has 0 spiro atoms. The molecule has 0 nitrogen and oxygen atoms in total. The van der Waals surface area contributed by atoms with Gasteiger partial charge in [-0.2, -0.15) is 0 Å². The average Bonchev–Trinajstić information content (AvgIpc) is 1.84. The highest BCUT2D eigenvalue weighted by atomic mass is 127. The van der Waals surface area contributed by atoms with Crippen molar-refractivity contribution in [1.29, 1.82) is 0 Å². The maximum atomic E-state index is 2.52. The van der Waals surface area contributed by atoms with Crippen LogP contribution in [0.5, 0.6) is 0 Å². The van der Waals surface area contributed by atoms with Crippen molar-refractivity contribution in [2.75, 3.05) is 0 Å². The lowest BCUT2D eigenvalue weighted by molar-refractivity contribution is 0.331. The summed E-state index contributed by atoms with van der Waals surface area (Å²) < 4.78 is 0.789. The quantitative estimate of drug-likeness (QED) is 0.525. The molecule has 0 heterocycles. The van der Waals surface area contributed by atoms with Gasteiger partial charge in [-0.25, -0.2) is 0 Å². The minimum Gasteiger partial charge on any atom is -0.0823 e. The number of rotatable bonds is 4. The summed E-state index contributed by atoms with van der Waals surface area (Å²) in [5, 5.41) is 0. The number of halogens is 1. The van der Waals surface area contributed by atoms with Gasteiger partial charge in [0.15, 0.2) is 0 Å². The summed E-state index contributed by atoms with van der Waals surface area (Å²) in [6, 6.07) is 0. The molecule has 0 aliphatic heterocycles. The summed E-state index contributed by atoms with van der Waals surface area (Å²) in [7, 11) is 0.